The van der Waals surface area contributed by atoms with Crippen LogP contribution < -0.4 is 9.64 Å². The summed E-state index contributed by atoms with van der Waals surface area (Å²) in [6.07, 6.45) is 2.91. The molecular weight excluding hydrogens is 448 g/mol. The summed E-state index contributed by atoms with van der Waals surface area (Å²) < 4.78 is 17.1. The number of para-hydroxylation sites is 2. The maximum Gasteiger partial charge on any atom is 0.337 e. The predicted molar refractivity (Wildman–Crippen MR) is 121 cm³/mol. The first kappa shape index (κ1) is 22.7. The van der Waals surface area contributed by atoms with Crippen LogP contribution in [0.5, 0.6) is 5.75 Å². The number of carbonyl (C=O) groups is 2. The first-order valence-electron chi connectivity index (χ1n) is 10.2. The van der Waals surface area contributed by atoms with Gasteiger partial charge >= 0.3 is 5.97 Å². The summed E-state index contributed by atoms with van der Waals surface area (Å²) >= 11 is 6.06. The Labute approximate surface area is 195 Å². The number of methoxy groups -OCH3 is 1. The SMILES string of the molecule is CO[C@H]1CO[C@H](Oc2ccccc2N(C(=O)c2cccnc2)c2ccc(Cl)c(C(=O)O)c2)C1. The lowest BCUT2D eigenvalue weighted by molar-refractivity contribution is -0.0402. The molecule has 1 saturated heterocycles. The molecular formula is C24H21ClN2O6. The van der Waals surface area contributed by atoms with E-state index >= 15 is 0 Å². The zero-order valence-electron chi connectivity index (χ0n) is 17.7. The third-order valence-corrected chi connectivity index (χ3v) is 5.50. The third kappa shape index (κ3) is 4.98. The number of carbonyl (C=O) groups excluding carboxylic acids is 1. The minimum Gasteiger partial charge on any atom is -0.478 e. The van der Waals surface area contributed by atoms with Crippen molar-refractivity contribution in [1.29, 1.82) is 0 Å². The summed E-state index contributed by atoms with van der Waals surface area (Å²) in [7, 11) is 1.61. The van der Waals surface area contributed by atoms with Crippen molar-refractivity contribution in [2.45, 2.75) is 18.8 Å². The van der Waals surface area contributed by atoms with Crippen molar-refractivity contribution in [2.75, 3.05) is 18.6 Å². The number of carboxylic acid groups (broad SMARTS) is 1. The fraction of sp³-hybridized carbons (Fsp3) is 0.208. The molecule has 170 valence electrons. The van der Waals surface area contributed by atoms with E-state index in [1.807, 2.05) is 0 Å². The lowest BCUT2D eigenvalue weighted by atomic mass is 10.1. The predicted octanol–water partition coefficient (Wildman–Crippen LogP) is 4.55. The molecule has 0 bridgehead atoms. The van der Waals surface area contributed by atoms with Crippen LogP contribution in [0.25, 0.3) is 0 Å². The van der Waals surface area contributed by atoms with Crippen molar-refractivity contribution in [3.63, 3.8) is 0 Å². The fourth-order valence-electron chi connectivity index (χ4n) is 3.50. The molecule has 8 nitrogen and oxygen atoms in total. The van der Waals surface area contributed by atoms with Crippen LogP contribution in [0.2, 0.25) is 5.02 Å². The van der Waals surface area contributed by atoms with Gasteiger partial charge in [0.25, 0.3) is 5.91 Å². The number of amides is 1. The minimum absolute atomic E-state index is 0.0644. The molecule has 9 heteroatoms. The Morgan fingerprint density at radius 3 is 2.70 bits per heavy atom. The molecule has 1 aromatic heterocycles. The van der Waals surface area contributed by atoms with E-state index in [1.54, 1.807) is 55.8 Å². The second-order valence-electron chi connectivity index (χ2n) is 7.29. The van der Waals surface area contributed by atoms with E-state index in [0.29, 0.717) is 35.7 Å². The molecule has 1 fully saturated rings. The van der Waals surface area contributed by atoms with Gasteiger partial charge in [0.05, 0.1) is 40.2 Å². The third-order valence-electron chi connectivity index (χ3n) is 5.17. The quantitative estimate of drug-likeness (QED) is 0.543. The van der Waals surface area contributed by atoms with Gasteiger partial charge in [-0.1, -0.05) is 23.7 Å². The lowest BCUT2D eigenvalue weighted by Gasteiger charge is -2.26. The number of nitrogens with zero attached hydrogens (tertiary/aromatic N) is 2. The average Bonchev–Trinajstić information content (AvgIpc) is 3.29. The van der Waals surface area contributed by atoms with Gasteiger partial charge in [-0.3, -0.25) is 14.7 Å². The first-order chi connectivity index (χ1) is 16.0. The number of ether oxygens (including phenoxy) is 3. The van der Waals surface area contributed by atoms with E-state index in [4.69, 9.17) is 25.8 Å². The Kier molecular flexibility index (Phi) is 6.88. The lowest BCUT2D eigenvalue weighted by Crippen LogP contribution is -2.27. The van der Waals surface area contributed by atoms with Crippen molar-refractivity contribution >= 4 is 34.9 Å². The van der Waals surface area contributed by atoms with Crippen LogP contribution in [-0.4, -0.2) is 48.1 Å². The summed E-state index contributed by atoms with van der Waals surface area (Å²) in [5.74, 6) is -1.23. The highest BCUT2D eigenvalue weighted by Gasteiger charge is 2.30. The van der Waals surface area contributed by atoms with Crippen molar-refractivity contribution in [3.05, 3.63) is 83.1 Å². The number of anilines is 2. The van der Waals surface area contributed by atoms with Crippen LogP contribution >= 0.6 is 11.6 Å². The molecule has 1 N–H and O–H groups in total. The van der Waals surface area contributed by atoms with Crippen LogP contribution in [0.15, 0.2) is 67.0 Å². The monoisotopic (exact) mass is 468 g/mol. The van der Waals surface area contributed by atoms with E-state index in [-0.39, 0.29) is 16.7 Å². The largest absolute Gasteiger partial charge is 0.478 e. The van der Waals surface area contributed by atoms with Gasteiger partial charge in [-0.05, 0) is 42.5 Å². The van der Waals surface area contributed by atoms with Gasteiger partial charge in [0.15, 0.2) is 0 Å². The highest BCUT2D eigenvalue weighted by Crippen LogP contribution is 2.38. The van der Waals surface area contributed by atoms with Gasteiger partial charge in [-0.2, -0.15) is 0 Å². The molecule has 2 aromatic carbocycles. The van der Waals surface area contributed by atoms with Crippen LogP contribution in [-0.2, 0) is 9.47 Å². The van der Waals surface area contributed by atoms with Crippen LogP contribution in [0.4, 0.5) is 11.4 Å². The molecule has 0 aliphatic carbocycles. The molecule has 1 amide bonds. The molecule has 4 rings (SSSR count). The number of pyridine rings is 1. The van der Waals surface area contributed by atoms with E-state index in [2.05, 4.69) is 4.98 Å². The van der Waals surface area contributed by atoms with Gasteiger partial charge in [-0.15, -0.1) is 0 Å². The Balaban J connectivity index is 1.79. The van der Waals surface area contributed by atoms with Gasteiger partial charge in [0.1, 0.15) is 5.75 Å². The molecule has 3 aromatic rings. The van der Waals surface area contributed by atoms with Crippen molar-refractivity contribution in [3.8, 4) is 5.75 Å². The first-order valence-corrected chi connectivity index (χ1v) is 10.5. The van der Waals surface area contributed by atoms with Gasteiger partial charge in [0, 0.05) is 25.9 Å². The number of hydrogen-bond acceptors (Lipinski definition) is 6. The summed E-state index contributed by atoms with van der Waals surface area (Å²) in [5.41, 5.74) is 0.910. The summed E-state index contributed by atoms with van der Waals surface area (Å²) in [4.78, 5) is 30.7. The Morgan fingerprint density at radius 1 is 1.18 bits per heavy atom. The number of aromatic nitrogens is 1. The number of rotatable bonds is 7. The molecule has 2 heterocycles. The molecule has 33 heavy (non-hydrogen) atoms. The normalized spacial score (nSPS) is 17.5. The second-order valence-corrected chi connectivity index (χ2v) is 7.70. The smallest absolute Gasteiger partial charge is 0.337 e. The number of halogens is 1. The molecule has 0 unspecified atom stereocenters. The highest BCUT2D eigenvalue weighted by molar-refractivity contribution is 6.33. The van der Waals surface area contributed by atoms with E-state index in [9.17, 15) is 14.7 Å². The highest BCUT2D eigenvalue weighted by atomic mass is 35.5. The van der Waals surface area contributed by atoms with Crippen LogP contribution in [0.3, 0.4) is 0 Å². The van der Waals surface area contributed by atoms with Gasteiger partial charge in [0.2, 0.25) is 6.29 Å². The molecule has 0 saturated carbocycles. The Bertz CT molecular complexity index is 1160. The summed E-state index contributed by atoms with van der Waals surface area (Å²) in [6.45, 7) is 0.404. The standard InChI is InChI=1S/C24H21ClN2O6/c1-31-17-12-22(32-14-17)33-21-7-3-2-6-20(21)27(23(28)15-5-4-10-26-13-15)16-8-9-19(25)18(11-16)24(29)30/h2-11,13,17,22H,12,14H2,1H3,(H,29,30)/t17-,22-/m1/s1. The van der Waals surface area contributed by atoms with E-state index in [1.165, 1.54) is 23.2 Å². The average molecular weight is 469 g/mol. The van der Waals surface area contributed by atoms with Gasteiger partial charge < -0.3 is 19.3 Å². The Morgan fingerprint density at radius 2 is 2.00 bits per heavy atom. The van der Waals surface area contributed by atoms with Gasteiger partial charge in [-0.25, -0.2) is 4.79 Å². The molecule has 1 aliphatic rings. The van der Waals surface area contributed by atoms with Crippen LogP contribution in [0.1, 0.15) is 27.1 Å². The maximum absolute atomic E-state index is 13.6. The fourth-order valence-corrected chi connectivity index (χ4v) is 3.69. The number of benzene rings is 2. The number of hydrogen-bond donors (Lipinski definition) is 1. The van der Waals surface area contributed by atoms with E-state index in [0.717, 1.165) is 0 Å². The summed E-state index contributed by atoms with van der Waals surface area (Å²) in [5, 5.41) is 9.60. The summed E-state index contributed by atoms with van der Waals surface area (Å²) in [6, 6.07) is 14.6. The molecule has 0 radical (unpaired) electrons. The number of aromatic carboxylic acids is 1. The maximum atomic E-state index is 13.6. The zero-order valence-corrected chi connectivity index (χ0v) is 18.4. The molecule has 1 aliphatic heterocycles. The molecule has 2 atom stereocenters. The number of carboxylic acids is 1. The zero-order chi connectivity index (χ0) is 23.4. The van der Waals surface area contributed by atoms with Crippen molar-refractivity contribution < 1.29 is 28.9 Å². The van der Waals surface area contributed by atoms with Crippen molar-refractivity contribution in [1.82, 2.24) is 4.98 Å². The molecule has 0 spiro atoms. The topological polar surface area (TPSA) is 98.2 Å². The van der Waals surface area contributed by atoms with E-state index < -0.39 is 18.2 Å². The second kappa shape index (κ2) is 9.99. The minimum atomic E-state index is -1.20. The van der Waals surface area contributed by atoms with Crippen molar-refractivity contribution in [2.24, 2.45) is 0 Å². The Hall–Kier alpha value is -3.46. The van der Waals surface area contributed by atoms with Crippen LogP contribution in [0, 0.1) is 0 Å².